The number of rotatable bonds is 9. The molecule has 8 heteroatoms. The zero-order valence-electron chi connectivity index (χ0n) is 18.8. The van der Waals surface area contributed by atoms with E-state index in [9.17, 15) is 14.4 Å². The molecule has 172 valence electrons. The SMILES string of the molecule is COC(=O)c1cccc(NC(=O)[C@H](CCOCc2ccccc2)NC(=O)OC(C)(C)C)c1. The molecule has 2 amide bonds. The average Bonchev–Trinajstić information content (AvgIpc) is 2.74. The third-order valence-corrected chi connectivity index (χ3v) is 4.22. The topological polar surface area (TPSA) is 103 Å². The van der Waals surface area contributed by atoms with Gasteiger partial charge in [0.15, 0.2) is 0 Å². The first-order valence-corrected chi connectivity index (χ1v) is 10.3. The predicted molar refractivity (Wildman–Crippen MR) is 120 cm³/mol. The molecule has 0 saturated heterocycles. The molecular formula is C24H30N2O6. The Bertz CT molecular complexity index is 908. The molecule has 0 unspecified atom stereocenters. The molecule has 2 aromatic rings. The van der Waals surface area contributed by atoms with E-state index in [4.69, 9.17) is 14.2 Å². The van der Waals surface area contributed by atoms with E-state index in [1.165, 1.54) is 13.2 Å². The van der Waals surface area contributed by atoms with Crippen molar-refractivity contribution in [3.8, 4) is 0 Å². The number of alkyl carbamates (subject to hydrolysis) is 1. The fourth-order valence-electron chi connectivity index (χ4n) is 2.76. The van der Waals surface area contributed by atoms with Gasteiger partial charge in [0.2, 0.25) is 5.91 Å². The Hall–Kier alpha value is -3.39. The Labute approximate surface area is 188 Å². The van der Waals surface area contributed by atoms with Crippen molar-refractivity contribution in [2.75, 3.05) is 19.0 Å². The second-order valence-electron chi connectivity index (χ2n) is 8.09. The molecule has 32 heavy (non-hydrogen) atoms. The Morgan fingerprint density at radius 1 is 1.00 bits per heavy atom. The minimum Gasteiger partial charge on any atom is -0.465 e. The number of esters is 1. The van der Waals surface area contributed by atoms with Crippen LogP contribution in [0.25, 0.3) is 0 Å². The van der Waals surface area contributed by atoms with Crippen molar-refractivity contribution >= 4 is 23.7 Å². The maximum absolute atomic E-state index is 12.9. The normalized spacial score (nSPS) is 11.9. The molecule has 8 nitrogen and oxygen atoms in total. The van der Waals surface area contributed by atoms with Crippen LogP contribution in [0.4, 0.5) is 10.5 Å². The molecule has 0 bridgehead atoms. The summed E-state index contributed by atoms with van der Waals surface area (Å²) >= 11 is 0. The van der Waals surface area contributed by atoms with Gasteiger partial charge in [-0.2, -0.15) is 0 Å². The fourth-order valence-corrected chi connectivity index (χ4v) is 2.76. The lowest BCUT2D eigenvalue weighted by molar-refractivity contribution is -0.118. The zero-order chi connectivity index (χ0) is 23.6. The van der Waals surface area contributed by atoms with E-state index in [0.29, 0.717) is 17.9 Å². The van der Waals surface area contributed by atoms with E-state index in [2.05, 4.69) is 10.6 Å². The highest BCUT2D eigenvalue weighted by molar-refractivity contribution is 5.98. The first-order valence-electron chi connectivity index (χ1n) is 10.3. The number of carbonyl (C=O) groups excluding carboxylic acids is 3. The number of amides is 2. The number of methoxy groups -OCH3 is 1. The van der Waals surface area contributed by atoms with E-state index in [0.717, 1.165) is 5.56 Å². The Morgan fingerprint density at radius 3 is 2.38 bits per heavy atom. The van der Waals surface area contributed by atoms with Crippen LogP contribution in [0.15, 0.2) is 54.6 Å². The molecule has 2 aromatic carbocycles. The number of benzene rings is 2. The van der Waals surface area contributed by atoms with Gasteiger partial charge in [0.05, 0.1) is 19.3 Å². The van der Waals surface area contributed by atoms with Gasteiger partial charge in [0.25, 0.3) is 0 Å². The van der Waals surface area contributed by atoms with E-state index < -0.39 is 29.6 Å². The maximum Gasteiger partial charge on any atom is 0.408 e. The molecule has 0 aliphatic heterocycles. The molecule has 0 spiro atoms. The number of hydrogen-bond acceptors (Lipinski definition) is 6. The summed E-state index contributed by atoms with van der Waals surface area (Å²) in [5, 5.41) is 5.31. The van der Waals surface area contributed by atoms with Gasteiger partial charge in [-0.1, -0.05) is 36.4 Å². The van der Waals surface area contributed by atoms with Crippen LogP contribution in [0.1, 0.15) is 43.1 Å². The minimum atomic E-state index is -0.901. The molecule has 0 aromatic heterocycles. The van der Waals surface area contributed by atoms with Crippen LogP contribution in [0.3, 0.4) is 0 Å². The summed E-state index contributed by atoms with van der Waals surface area (Å²) in [6.45, 7) is 5.85. The summed E-state index contributed by atoms with van der Waals surface area (Å²) in [6, 6.07) is 15.1. The summed E-state index contributed by atoms with van der Waals surface area (Å²) in [6.07, 6.45) is -0.474. The Kier molecular flexibility index (Phi) is 9.22. The van der Waals surface area contributed by atoms with Crippen molar-refractivity contribution in [2.45, 2.75) is 45.4 Å². The van der Waals surface area contributed by atoms with E-state index in [1.807, 2.05) is 30.3 Å². The summed E-state index contributed by atoms with van der Waals surface area (Å²) in [5.41, 5.74) is 1.00. The average molecular weight is 443 g/mol. The van der Waals surface area contributed by atoms with Crippen molar-refractivity contribution in [3.05, 3.63) is 65.7 Å². The summed E-state index contributed by atoms with van der Waals surface area (Å²) < 4.78 is 15.6. The van der Waals surface area contributed by atoms with Crippen molar-refractivity contribution in [3.63, 3.8) is 0 Å². The molecule has 2 N–H and O–H groups in total. The first-order chi connectivity index (χ1) is 15.2. The van der Waals surface area contributed by atoms with Gasteiger partial charge in [-0.05, 0) is 44.5 Å². The summed E-state index contributed by atoms with van der Waals surface area (Å²) in [7, 11) is 1.28. The highest BCUT2D eigenvalue weighted by Crippen LogP contribution is 2.13. The quantitative estimate of drug-likeness (QED) is 0.451. The number of carbonyl (C=O) groups is 3. The van der Waals surface area contributed by atoms with Crippen LogP contribution in [0, 0.1) is 0 Å². The molecule has 0 aliphatic carbocycles. The molecular weight excluding hydrogens is 412 g/mol. The van der Waals surface area contributed by atoms with Gasteiger partial charge in [-0.25, -0.2) is 9.59 Å². The smallest absolute Gasteiger partial charge is 0.408 e. The summed E-state index contributed by atoms with van der Waals surface area (Å²) in [5.74, 6) is -0.972. The fraction of sp³-hybridized carbons (Fsp3) is 0.375. The lowest BCUT2D eigenvalue weighted by Gasteiger charge is -2.23. The van der Waals surface area contributed by atoms with Crippen LogP contribution in [-0.4, -0.2) is 43.3 Å². The molecule has 0 aliphatic rings. The number of anilines is 1. The largest absolute Gasteiger partial charge is 0.465 e. The van der Waals surface area contributed by atoms with E-state index >= 15 is 0 Å². The Morgan fingerprint density at radius 2 is 1.72 bits per heavy atom. The van der Waals surface area contributed by atoms with Gasteiger partial charge in [-0.3, -0.25) is 4.79 Å². The zero-order valence-corrected chi connectivity index (χ0v) is 18.8. The van der Waals surface area contributed by atoms with Crippen LogP contribution in [0.2, 0.25) is 0 Å². The van der Waals surface area contributed by atoms with Gasteiger partial charge in [0.1, 0.15) is 11.6 Å². The van der Waals surface area contributed by atoms with Crippen molar-refractivity contribution < 1.29 is 28.6 Å². The third-order valence-electron chi connectivity index (χ3n) is 4.22. The number of ether oxygens (including phenoxy) is 3. The predicted octanol–water partition coefficient (Wildman–Crippen LogP) is 3.91. The van der Waals surface area contributed by atoms with Gasteiger partial charge in [0, 0.05) is 18.7 Å². The molecule has 0 fully saturated rings. The second-order valence-corrected chi connectivity index (χ2v) is 8.09. The number of hydrogen-bond donors (Lipinski definition) is 2. The van der Waals surface area contributed by atoms with Crippen LogP contribution >= 0.6 is 0 Å². The van der Waals surface area contributed by atoms with Gasteiger partial charge < -0.3 is 24.8 Å². The number of nitrogens with one attached hydrogen (secondary N) is 2. The van der Waals surface area contributed by atoms with Crippen molar-refractivity contribution in [2.24, 2.45) is 0 Å². The van der Waals surface area contributed by atoms with Crippen molar-refractivity contribution in [1.82, 2.24) is 5.32 Å². The molecule has 0 heterocycles. The van der Waals surface area contributed by atoms with Crippen LogP contribution < -0.4 is 10.6 Å². The first kappa shape index (κ1) is 24.9. The minimum absolute atomic E-state index is 0.231. The van der Waals surface area contributed by atoms with Crippen LogP contribution in [-0.2, 0) is 25.6 Å². The lowest BCUT2D eigenvalue weighted by atomic mass is 10.1. The molecule has 2 rings (SSSR count). The molecule has 1 atom stereocenters. The second kappa shape index (κ2) is 11.9. The maximum atomic E-state index is 12.9. The van der Waals surface area contributed by atoms with E-state index in [-0.39, 0.29) is 13.0 Å². The van der Waals surface area contributed by atoms with Gasteiger partial charge in [-0.15, -0.1) is 0 Å². The van der Waals surface area contributed by atoms with Gasteiger partial charge >= 0.3 is 12.1 Å². The monoisotopic (exact) mass is 442 g/mol. The highest BCUT2D eigenvalue weighted by Gasteiger charge is 2.24. The van der Waals surface area contributed by atoms with Crippen molar-refractivity contribution in [1.29, 1.82) is 0 Å². The Balaban J connectivity index is 2.02. The molecule has 0 radical (unpaired) electrons. The standard InChI is InChI=1S/C24H30N2O6/c1-24(2,3)32-23(29)26-20(13-14-31-16-17-9-6-5-7-10-17)21(27)25-19-12-8-11-18(15-19)22(28)30-4/h5-12,15,20H,13-14,16H2,1-4H3,(H,25,27)(H,26,29)/t20-/m0/s1. The van der Waals surface area contributed by atoms with Crippen LogP contribution in [0.5, 0.6) is 0 Å². The summed E-state index contributed by atoms with van der Waals surface area (Å²) in [4.78, 5) is 36.9. The highest BCUT2D eigenvalue weighted by atomic mass is 16.6. The lowest BCUT2D eigenvalue weighted by Crippen LogP contribution is -2.46. The third kappa shape index (κ3) is 8.77. The molecule has 0 saturated carbocycles. The van der Waals surface area contributed by atoms with E-state index in [1.54, 1.807) is 39.0 Å².